The molecule has 1 aliphatic heterocycles. The summed E-state index contributed by atoms with van der Waals surface area (Å²) in [5.41, 5.74) is 1.81. The van der Waals surface area contributed by atoms with Crippen molar-refractivity contribution in [1.29, 1.82) is 0 Å². The lowest BCUT2D eigenvalue weighted by Crippen LogP contribution is -2.63. The summed E-state index contributed by atoms with van der Waals surface area (Å²) in [7, 11) is 0. The summed E-state index contributed by atoms with van der Waals surface area (Å²) in [6, 6.07) is 7.98. The van der Waals surface area contributed by atoms with Gasteiger partial charge in [0.05, 0.1) is 0 Å². The van der Waals surface area contributed by atoms with Crippen LogP contribution in [0.4, 0.5) is 9.59 Å². The van der Waals surface area contributed by atoms with Crippen LogP contribution in [0, 0.1) is 17.8 Å². The summed E-state index contributed by atoms with van der Waals surface area (Å²) in [6.45, 7) is 1.65. The Morgan fingerprint density at radius 2 is 1.61 bits per heavy atom. The third kappa shape index (κ3) is 2.67. The van der Waals surface area contributed by atoms with E-state index in [4.69, 9.17) is 0 Å². The topological polar surface area (TPSA) is 90.5 Å². The monoisotopic (exact) mass is 382 g/mol. The van der Waals surface area contributed by atoms with E-state index in [-0.39, 0.29) is 5.54 Å². The Kier molecular flexibility index (Phi) is 3.73. The fourth-order valence-electron chi connectivity index (χ4n) is 6.34. The molecule has 1 unspecified atom stereocenters. The highest BCUT2D eigenvalue weighted by Crippen LogP contribution is 2.55. The number of nitrogens with zero attached hydrogens (tertiary/aromatic N) is 1. The summed E-state index contributed by atoms with van der Waals surface area (Å²) < 4.78 is 0. The number of urea groups is 2. The van der Waals surface area contributed by atoms with Gasteiger partial charge in [-0.05, 0) is 68.8 Å². The number of carbonyl (C=O) groups is 3. The fraction of sp³-hybridized carbons (Fsp3) is 0.571. The number of hydrogen-bond acceptors (Lipinski definition) is 3. The van der Waals surface area contributed by atoms with E-state index in [0.29, 0.717) is 23.3 Å². The molecular formula is C21H26N4O3. The Balaban J connectivity index is 1.29. The standard InChI is InChI=1S/C21H26N4O3/c1-20(16-5-3-2-4-6-16)17(26)25(19(28)23-20)24-18(27)22-21-10-13-7-14(11-21)9-15(8-13)12-21/h2-6,13-15H,7-12H2,1H3,(H,23,28)(H2,22,24,27). The van der Waals surface area contributed by atoms with Gasteiger partial charge in [0, 0.05) is 5.54 Å². The molecule has 0 spiro atoms. The van der Waals surface area contributed by atoms with Crippen molar-refractivity contribution in [3.05, 3.63) is 35.9 Å². The van der Waals surface area contributed by atoms with Crippen LogP contribution in [-0.4, -0.2) is 28.5 Å². The van der Waals surface area contributed by atoms with Crippen LogP contribution in [0.5, 0.6) is 0 Å². The SMILES string of the molecule is CC1(c2ccccc2)NC(=O)N(NC(=O)NC23CC4CC(CC(C4)C2)C3)C1=O. The zero-order chi connectivity index (χ0) is 19.5. The molecule has 7 nitrogen and oxygen atoms in total. The summed E-state index contributed by atoms with van der Waals surface area (Å²) in [5, 5.41) is 6.65. The smallest absolute Gasteiger partial charge is 0.331 e. The summed E-state index contributed by atoms with van der Waals surface area (Å²) in [4.78, 5) is 38.1. The molecule has 4 aliphatic carbocycles. The molecule has 0 radical (unpaired) electrons. The number of hydrogen-bond donors (Lipinski definition) is 3. The maximum atomic E-state index is 12.9. The zero-order valence-electron chi connectivity index (χ0n) is 16.0. The molecule has 4 saturated carbocycles. The van der Waals surface area contributed by atoms with Crippen molar-refractivity contribution in [1.82, 2.24) is 21.1 Å². The molecule has 3 N–H and O–H groups in total. The highest BCUT2D eigenvalue weighted by molar-refractivity contribution is 6.08. The maximum absolute atomic E-state index is 12.9. The van der Waals surface area contributed by atoms with Crippen LogP contribution in [0.25, 0.3) is 0 Å². The van der Waals surface area contributed by atoms with Crippen LogP contribution in [0.1, 0.15) is 51.0 Å². The normalized spacial score (nSPS) is 38.5. The number of benzene rings is 1. The van der Waals surface area contributed by atoms with Crippen molar-refractivity contribution in [2.45, 2.75) is 56.5 Å². The van der Waals surface area contributed by atoms with Crippen molar-refractivity contribution in [2.24, 2.45) is 17.8 Å². The van der Waals surface area contributed by atoms with Crippen molar-refractivity contribution in [3.63, 3.8) is 0 Å². The van der Waals surface area contributed by atoms with E-state index in [1.807, 2.05) is 18.2 Å². The molecule has 1 atom stereocenters. The second kappa shape index (κ2) is 5.96. The number of amides is 5. The Morgan fingerprint density at radius 1 is 1.04 bits per heavy atom. The molecule has 1 aromatic rings. The molecule has 148 valence electrons. The number of carbonyl (C=O) groups excluding carboxylic acids is 3. The number of imide groups is 1. The van der Waals surface area contributed by atoms with Crippen LogP contribution < -0.4 is 16.1 Å². The molecule has 1 aromatic carbocycles. The maximum Gasteiger partial charge on any atom is 0.344 e. The van der Waals surface area contributed by atoms with Gasteiger partial charge in [0.1, 0.15) is 5.54 Å². The molecule has 7 heteroatoms. The lowest BCUT2D eigenvalue weighted by molar-refractivity contribution is -0.132. The predicted molar refractivity (Wildman–Crippen MR) is 102 cm³/mol. The zero-order valence-corrected chi connectivity index (χ0v) is 16.0. The summed E-state index contributed by atoms with van der Waals surface area (Å²) >= 11 is 0. The third-order valence-electron chi connectivity index (χ3n) is 7.17. The van der Waals surface area contributed by atoms with Gasteiger partial charge in [0.25, 0.3) is 5.91 Å². The molecule has 5 aliphatic rings. The molecule has 28 heavy (non-hydrogen) atoms. The first-order valence-electron chi connectivity index (χ1n) is 10.2. The van der Waals surface area contributed by atoms with Crippen LogP contribution >= 0.6 is 0 Å². The largest absolute Gasteiger partial charge is 0.344 e. The summed E-state index contributed by atoms with van der Waals surface area (Å²) in [5.74, 6) is 1.61. The number of nitrogens with one attached hydrogen (secondary N) is 3. The van der Waals surface area contributed by atoms with E-state index < -0.39 is 23.5 Å². The van der Waals surface area contributed by atoms with E-state index in [1.165, 1.54) is 19.3 Å². The van der Waals surface area contributed by atoms with Gasteiger partial charge in [0.15, 0.2) is 0 Å². The number of hydrazine groups is 1. The lowest BCUT2D eigenvalue weighted by atomic mass is 9.53. The first-order valence-corrected chi connectivity index (χ1v) is 10.2. The Hall–Kier alpha value is -2.57. The van der Waals surface area contributed by atoms with Gasteiger partial charge in [-0.2, -0.15) is 5.01 Å². The Morgan fingerprint density at radius 3 is 2.18 bits per heavy atom. The molecule has 1 heterocycles. The second-order valence-corrected chi connectivity index (χ2v) is 9.33. The van der Waals surface area contributed by atoms with Gasteiger partial charge in [-0.25, -0.2) is 15.0 Å². The van der Waals surface area contributed by atoms with Crippen molar-refractivity contribution in [2.75, 3.05) is 0 Å². The van der Waals surface area contributed by atoms with E-state index in [0.717, 1.165) is 24.3 Å². The molecule has 6 rings (SSSR count). The van der Waals surface area contributed by atoms with Crippen molar-refractivity contribution < 1.29 is 14.4 Å². The Labute approximate surface area is 164 Å². The fourth-order valence-corrected chi connectivity index (χ4v) is 6.34. The second-order valence-electron chi connectivity index (χ2n) is 9.33. The third-order valence-corrected chi connectivity index (χ3v) is 7.17. The van der Waals surface area contributed by atoms with Crippen molar-refractivity contribution in [3.8, 4) is 0 Å². The van der Waals surface area contributed by atoms with Gasteiger partial charge in [-0.15, -0.1) is 0 Å². The van der Waals surface area contributed by atoms with Gasteiger partial charge < -0.3 is 10.6 Å². The highest BCUT2D eigenvalue weighted by Gasteiger charge is 2.53. The van der Waals surface area contributed by atoms with E-state index in [2.05, 4.69) is 16.1 Å². The molecule has 5 amide bonds. The van der Waals surface area contributed by atoms with Crippen LogP contribution in [-0.2, 0) is 10.3 Å². The van der Waals surface area contributed by atoms with E-state index in [9.17, 15) is 14.4 Å². The minimum Gasteiger partial charge on any atom is -0.331 e. The molecule has 4 bridgehead atoms. The minimum absolute atomic E-state index is 0.180. The minimum atomic E-state index is -1.19. The van der Waals surface area contributed by atoms with Crippen LogP contribution in [0.3, 0.4) is 0 Å². The number of rotatable bonds is 3. The quantitative estimate of drug-likeness (QED) is 0.702. The van der Waals surface area contributed by atoms with Gasteiger partial charge in [-0.1, -0.05) is 30.3 Å². The first-order chi connectivity index (χ1) is 13.4. The first kappa shape index (κ1) is 17.5. The van der Waals surface area contributed by atoms with Crippen molar-refractivity contribution >= 4 is 18.0 Å². The molecule has 0 aromatic heterocycles. The lowest BCUT2D eigenvalue weighted by Gasteiger charge is -2.56. The van der Waals surface area contributed by atoms with Gasteiger partial charge in [-0.3, -0.25) is 4.79 Å². The average molecular weight is 382 g/mol. The molecular weight excluding hydrogens is 356 g/mol. The van der Waals surface area contributed by atoms with Gasteiger partial charge in [0.2, 0.25) is 0 Å². The Bertz CT molecular complexity index is 804. The molecule has 1 saturated heterocycles. The van der Waals surface area contributed by atoms with Crippen LogP contribution in [0.2, 0.25) is 0 Å². The average Bonchev–Trinajstić information content (AvgIpc) is 2.85. The molecule has 5 fully saturated rings. The predicted octanol–water partition coefficient (Wildman–Crippen LogP) is 2.64. The summed E-state index contributed by atoms with van der Waals surface area (Å²) in [6.07, 6.45) is 6.87. The van der Waals surface area contributed by atoms with Crippen LogP contribution in [0.15, 0.2) is 30.3 Å². The van der Waals surface area contributed by atoms with E-state index >= 15 is 0 Å². The highest BCUT2D eigenvalue weighted by atomic mass is 16.2. The van der Waals surface area contributed by atoms with E-state index in [1.54, 1.807) is 19.1 Å². The van der Waals surface area contributed by atoms with Gasteiger partial charge >= 0.3 is 12.1 Å².